The van der Waals surface area contributed by atoms with Crippen LogP contribution in [0.4, 0.5) is 10.5 Å². The molecule has 0 fully saturated rings. The zero-order valence-corrected chi connectivity index (χ0v) is 22.5. The lowest BCUT2D eigenvalue weighted by Crippen LogP contribution is -2.52. The average Bonchev–Trinajstić information content (AvgIpc) is 2.79. The Kier molecular flexibility index (Phi) is 9.88. The zero-order chi connectivity index (χ0) is 28.6. The van der Waals surface area contributed by atoms with E-state index in [1.54, 1.807) is 57.2 Å². The van der Waals surface area contributed by atoms with E-state index < -0.39 is 47.9 Å². The molecular formula is C28H34N4O6. The molecule has 10 nitrogen and oxygen atoms in total. The number of hydrogen-bond acceptors (Lipinski definition) is 6. The minimum absolute atomic E-state index is 0.440. The summed E-state index contributed by atoms with van der Waals surface area (Å²) in [5.74, 6) is -1.76. The van der Waals surface area contributed by atoms with Crippen molar-refractivity contribution in [3.63, 3.8) is 0 Å². The molecule has 10 heteroatoms. The first-order valence-corrected chi connectivity index (χ1v) is 11.8. The molecule has 4 N–H and O–H groups in total. The van der Waals surface area contributed by atoms with Crippen LogP contribution in [0, 0.1) is 26.3 Å². The molecule has 38 heavy (non-hydrogen) atoms. The van der Waals surface area contributed by atoms with Gasteiger partial charge in [0.25, 0.3) is 11.8 Å². The maximum Gasteiger partial charge on any atom is 0.408 e. The van der Waals surface area contributed by atoms with Gasteiger partial charge < -0.3 is 25.8 Å². The van der Waals surface area contributed by atoms with Gasteiger partial charge >= 0.3 is 6.09 Å². The molecule has 0 heterocycles. The van der Waals surface area contributed by atoms with E-state index in [0.29, 0.717) is 17.0 Å². The van der Waals surface area contributed by atoms with Crippen molar-refractivity contribution in [2.45, 2.75) is 58.7 Å². The van der Waals surface area contributed by atoms with Crippen molar-refractivity contribution in [1.29, 1.82) is 0 Å². The average molecular weight is 523 g/mol. The summed E-state index contributed by atoms with van der Waals surface area (Å²) in [6.07, 6.45) is 4.25. The van der Waals surface area contributed by atoms with Gasteiger partial charge in [0.15, 0.2) is 0 Å². The number of ether oxygens (including phenoxy) is 2. The smallest absolute Gasteiger partial charge is 0.408 e. The number of aryl methyl sites for hydroxylation is 2. The largest absolute Gasteiger partial charge is 0.497 e. The van der Waals surface area contributed by atoms with Crippen molar-refractivity contribution >= 4 is 29.5 Å². The van der Waals surface area contributed by atoms with Gasteiger partial charge in [-0.15, -0.1) is 0 Å². The van der Waals surface area contributed by atoms with Crippen LogP contribution in [0.15, 0.2) is 42.5 Å². The molecule has 2 atom stereocenters. The normalized spacial score (nSPS) is 12.3. The molecule has 2 aromatic rings. The number of anilines is 1. The van der Waals surface area contributed by atoms with Gasteiger partial charge in [-0.05, 0) is 64.4 Å². The van der Waals surface area contributed by atoms with E-state index in [-0.39, 0.29) is 0 Å². The van der Waals surface area contributed by atoms with Gasteiger partial charge in [-0.1, -0.05) is 35.7 Å². The lowest BCUT2D eigenvalue weighted by Gasteiger charge is -2.30. The summed E-state index contributed by atoms with van der Waals surface area (Å²) in [5, 5.41) is 5.12. The predicted molar refractivity (Wildman–Crippen MR) is 143 cm³/mol. The Bertz CT molecular complexity index is 1210. The zero-order valence-electron chi connectivity index (χ0n) is 22.5. The second kappa shape index (κ2) is 12.6. The molecular weight excluding hydrogens is 488 g/mol. The number of nitrogens with two attached hydrogens (primary N) is 1. The first-order chi connectivity index (χ1) is 17.7. The van der Waals surface area contributed by atoms with Gasteiger partial charge in [0.1, 0.15) is 23.4 Å². The number of rotatable bonds is 9. The molecule has 0 saturated heterocycles. The summed E-state index contributed by atoms with van der Waals surface area (Å²) in [7, 11) is 1.52. The fourth-order valence-corrected chi connectivity index (χ4v) is 3.75. The van der Waals surface area contributed by atoms with Crippen LogP contribution in [-0.2, 0) is 19.1 Å². The van der Waals surface area contributed by atoms with Crippen LogP contribution >= 0.6 is 0 Å². The Morgan fingerprint density at radius 1 is 1.05 bits per heavy atom. The molecule has 0 bridgehead atoms. The molecule has 0 spiro atoms. The molecule has 2 rings (SSSR count). The molecule has 0 aliphatic heterocycles. The molecule has 202 valence electrons. The van der Waals surface area contributed by atoms with E-state index in [2.05, 4.69) is 16.7 Å². The van der Waals surface area contributed by atoms with E-state index in [9.17, 15) is 19.2 Å². The number of methoxy groups -OCH3 is 1. The third-order valence-electron chi connectivity index (χ3n) is 5.19. The van der Waals surface area contributed by atoms with Crippen molar-refractivity contribution in [2.75, 3.05) is 12.4 Å². The second-order valence-corrected chi connectivity index (χ2v) is 9.75. The summed E-state index contributed by atoms with van der Waals surface area (Å²) in [6, 6.07) is 11.5. The van der Waals surface area contributed by atoms with E-state index in [0.717, 1.165) is 16.0 Å². The highest BCUT2D eigenvalue weighted by Gasteiger charge is 2.37. The van der Waals surface area contributed by atoms with E-state index in [1.807, 2.05) is 19.9 Å². The van der Waals surface area contributed by atoms with Crippen LogP contribution in [0.1, 0.15) is 49.9 Å². The Hall–Kier alpha value is -4.52. The predicted octanol–water partition coefficient (Wildman–Crippen LogP) is 3.18. The van der Waals surface area contributed by atoms with Crippen LogP contribution in [0.3, 0.4) is 0 Å². The number of alkyl carbamates (subject to hydrolysis) is 1. The first-order valence-electron chi connectivity index (χ1n) is 11.8. The van der Waals surface area contributed by atoms with Gasteiger partial charge in [-0.2, -0.15) is 0 Å². The fourth-order valence-electron chi connectivity index (χ4n) is 3.75. The summed E-state index contributed by atoms with van der Waals surface area (Å²) in [5.41, 5.74) is 7.04. The highest BCUT2D eigenvalue weighted by molar-refractivity contribution is 6.00. The van der Waals surface area contributed by atoms with Crippen LogP contribution in [0.25, 0.3) is 0 Å². The quantitative estimate of drug-likeness (QED) is 0.341. The number of carbonyl (C=O) groups is 4. The maximum absolute atomic E-state index is 13.6. The fraction of sp³-hybridized carbons (Fsp3) is 0.357. The second-order valence-electron chi connectivity index (χ2n) is 9.75. The number of amides is 4. The van der Waals surface area contributed by atoms with Gasteiger partial charge in [-0.25, -0.2) is 4.79 Å². The lowest BCUT2D eigenvalue weighted by molar-refractivity contribution is -0.138. The van der Waals surface area contributed by atoms with Gasteiger partial charge in [0, 0.05) is 11.7 Å². The van der Waals surface area contributed by atoms with Crippen molar-refractivity contribution in [2.24, 2.45) is 5.73 Å². The lowest BCUT2D eigenvalue weighted by atomic mass is 9.98. The SMILES string of the molecule is C#CN(C(=O)C(CC(N)=O)NC(=O)OC(C)(C)C)C(C(=O)Nc1ccc(OC)cc1)c1cc(C)cc(C)c1. The summed E-state index contributed by atoms with van der Waals surface area (Å²) >= 11 is 0. The topological polar surface area (TPSA) is 140 Å². The van der Waals surface area contributed by atoms with Gasteiger partial charge in [-0.3, -0.25) is 19.3 Å². The number of hydrogen-bond donors (Lipinski definition) is 3. The van der Waals surface area contributed by atoms with Crippen molar-refractivity contribution in [1.82, 2.24) is 10.2 Å². The van der Waals surface area contributed by atoms with Crippen molar-refractivity contribution in [3.05, 3.63) is 59.2 Å². The van der Waals surface area contributed by atoms with Crippen molar-refractivity contribution < 1.29 is 28.7 Å². The third-order valence-corrected chi connectivity index (χ3v) is 5.19. The van der Waals surface area contributed by atoms with Crippen LogP contribution < -0.4 is 21.1 Å². The number of terminal acetylenes is 1. The van der Waals surface area contributed by atoms with E-state index in [1.165, 1.54) is 7.11 Å². The monoisotopic (exact) mass is 522 g/mol. The maximum atomic E-state index is 13.6. The highest BCUT2D eigenvalue weighted by Crippen LogP contribution is 2.26. The Morgan fingerprint density at radius 2 is 1.63 bits per heavy atom. The van der Waals surface area contributed by atoms with E-state index >= 15 is 0 Å². The number of carbonyl (C=O) groups excluding carboxylic acids is 4. The number of benzene rings is 2. The number of nitrogens with zero attached hydrogens (tertiary/aromatic N) is 1. The molecule has 0 aliphatic rings. The van der Waals surface area contributed by atoms with Crippen LogP contribution in [-0.4, -0.2) is 47.5 Å². The number of nitrogens with one attached hydrogen (secondary N) is 2. The molecule has 4 amide bonds. The van der Waals surface area contributed by atoms with E-state index in [4.69, 9.17) is 21.6 Å². The van der Waals surface area contributed by atoms with Crippen LogP contribution in [0.5, 0.6) is 5.75 Å². The minimum atomic E-state index is -1.47. The molecule has 0 aromatic heterocycles. The standard InChI is InChI=1S/C28H34N4O6/c1-8-32(26(35)22(16-23(29)33)31-27(36)38-28(4,5)6)24(19-14-17(2)13-18(3)15-19)25(34)30-20-9-11-21(37-7)12-10-20/h1,9-15,22,24H,16H2,2-7H3,(H2,29,33)(H,30,34)(H,31,36). The molecule has 2 aromatic carbocycles. The van der Waals surface area contributed by atoms with Gasteiger partial charge in [0.05, 0.1) is 13.5 Å². The molecule has 2 unspecified atom stereocenters. The first kappa shape index (κ1) is 29.7. The van der Waals surface area contributed by atoms with Crippen molar-refractivity contribution in [3.8, 4) is 18.2 Å². The van der Waals surface area contributed by atoms with Gasteiger partial charge in [0.2, 0.25) is 5.91 Å². The summed E-state index contributed by atoms with van der Waals surface area (Å²) in [6.45, 7) is 8.62. The molecule has 0 radical (unpaired) electrons. The number of primary amides is 1. The Morgan fingerprint density at radius 3 is 2.11 bits per heavy atom. The Balaban J connectivity index is 2.50. The summed E-state index contributed by atoms with van der Waals surface area (Å²) in [4.78, 5) is 52.3. The summed E-state index contributed by atoms with van der Waals surface area (Å²) < 4.78 is 10.4. The third kappa shape index (κ3) is 8.55. The molecule has 0 aliphatic carbocycles. The van der Waals surface area contributed by atoms with Crippen LogP contribution in [0.2, 0.25) is 0 Å². The minimum Gasteiger partial charge on any atom is -0.497 e. The highest BCUT2D eigenvalue weighted by atomic mass is 16.6. The molecule has 0 saturated carbocycles. The Labute approximate surface area is 222 Å².